The first-order valence-electron chi connectivity index (χ1n) is 7.36. The molecule has 0 fully saturated rings. The molecular formula is C18H22N2S2. The molecule has 0 aliphatic carbocycles. The molecule has 0 aromatic heterocycles. The monoisotopic (exact) mass is 330 g/mol. The van der Waals surface area contributed by atoms with Crippen molar-refractivity contribution in [2.75, 3.05) is 18.6 Å². The Kier molecular flexibility index (Phi) is 6.28. The molecule has 0 atom stereocenters. The molecule has 1 N–H and O–H groups in total. The van der Waals surface area contributed by atoms with Crippen molar-refractivity contribution in [2.45, 2.75) is 24.8 Å². The Bertz CT molecular complexity index is 623. The number of aryl methyl sites for hydroxylation is 1. The highest BCUT2D eigenvalue weighted by Crippen LogP contribution is 2.16. The number of rotatable bonds is 5. The van der Waals surface area contributed by atoms with Crippen LogP contribution >= 0.6 is 24.0 Å². The third kappa shape index (κ3) is 4.75. The van der Waals surface area contributed by atoms with Gasteiger partial charge in [0.05, 0.1) is 0 Å². The van der Waals surface area contributed by atoms with Crippen LogP contribution in [0, 0.1) is 0 Å². The zero-order chi connectivity index (χ0) is 15.9. The van der Waals surface area contributed by atoms with E-state index in [4.69, 9.17) is 12.2 Å². The molecule has 0 saturated heterocycles. The van der Waals surface area contributed by atoms with Crippen LogP contribution in [0.15, 0.2) is 53.4 Å². The molecule has 2 rings (SSSR count). The molecule has 0 aliphatic heterocycles. The van der Waals surface area contributed by atoms with Crippen LogP contribution in [0.3, 0.4) is 0 Å². The highest BCUT2D eigenvalue weighted by molar-refractivity contribution is 7.98. The van der Waals surface area contributed by atoms with Gasteiger partial charge in [-0.2, -0.15) is 0 Å². The Morgan fingerprint density at radius 3 is 2.50 bits per heavy atom. The van der Waals surface area contributed by atoms with Crippen molar-refractivity contribution >= 4 is 34.8 Å². The number of anilines is 1. The second-order valence-electron chi connectivity index (χ2n) is 5.19. The van der Waals surface area contributed by atoms with Gasteiger partial charge in [0.25, 0.3) is 0 Å². The molecule has 22 heavy (non-hydrogen) atoms. The quantitative estimate of drug-likeness (QED) is 0.625. The van der Waals surface area contributed by atoms with Crippen molar-refractivity contribution in [3.63, 3.8) is 0 Å². The van der Waals surface area contributed by atoms with E-state index in [1.54, 1.807) is 11.8 Å². The summed E-state index contributed by atoms with van der Waals surface area (Å²) >= 11 is 7.25. The molecular weight excluding hydrogens is 308 g/mol. The number of hydrogen-bond donors (Lipinski definition) is 1. The molecule has 0 spiro atoms. The summed E-state index contributed by atoms with van der Waals surface area (Å²) in [5.41, 5.74) is 3.61. The normalized spacial score (nSPS) is 10.3. The van der Waals surface area contributed by atoms with E-state index in [0.717, 1.165) is 23.8 Å². The van der Waals surface area contributed by atoms with Crippen molar-refractivity contribution in [1.82, 2.24) is 4.90 Å². The van der Waals surface area contributed by atoms with Gasteiger partial charge in [-0.05, 0) is 60.3 Å². The number of nitrogens with one attached hydrogen (secondary N) is 1. The molecule has 116 valence electrons. The zero-order valence-corrected chi connectivity index (χ0v) is 14.9. The van der Waals surface area contributed by atoms with Crippen LogP contribution in [-0.4, -0.2) is 23.3 Å². The first kappa shape index (κ1) is 16.8. The second kappa shape index (κ2) is 8.20. The molecule has 0 heterocycles. The summed E-state index contributed by atoms with van der Waals surface area (Å²) in [6, 6.07) is 17.0. The second-order valence-corrected chi connectivity index (χ2v) is 6.45. The lowest BCUT2D eigenvalue weighted by Crippen LogP contribution is -2.30. The summed E-state index contributed by atoms with van der Waals surface area (Å²) in [5, 5.41) is 4.05. The number of thiocarbonyl (C=S) groups is 1. The van der Waals surface area contributed by atoms with Crippen LogP contribution in [0.4, 0.5) is 5.69 Å². The van der Waals surface area contributed by atoms with E-state index >= 15 is 0 Å². The standard InChI is InChI=1S/C18H22N2S2/c1-4-14-6-5-7-16(12-14)19-18(21)20(2)13-15-8-10-17(22-3)11-9-15/h5-12H,4,13H2,1-3H3,(H,19,21). The fourth-order valence-corrected chi connectivity index (χ4v) is 2.76. The highest BCUT2D eigenvalue weighted by Gasteiger charge is 2.06. The van der Waals surface area contributed by atoms with Gasteiger partial charge >= 0.3 is 0 Å². The van der Waals surface area contributed by atoms with Crippen molar-refractivity contribution in [3.8, 4) is 0 Å². The minimum Gasteiger partial charge on any atom is -0.348 e. The van der Waals surface area contributed by atoms with E-state index in [0.29, 0.717) is 0 Å². The summed E-state index contributed by atoms with van der Waals surface area (Å²) in [4.78, 5) is 3.34. The molecule has 2 nitrogen and oxygen atoms in total. The average molecular weight is 331 g/mol. The first-order chi connectivity index (χ1) is 10.6. The number of benzene rings is 2. The number of thioether (sulfide) groups is 1. The smallest absolute Gasteiger partial charge is 0.173 e. The first-order valence-corrected chi connectivity index (χ1v) is 8.99. The number of nitrogens with zero attached hydrogens (tertiary/aromatic N) is 1. The van der Waals surface area contributed by atoms with Gasteiger partial charge in [0.2, 0.25) is 0 Å². The van der Waals surface area contributed by atoms with Crippen molar-refractivity contribution in [3.05, 3.63) is 59.7 Å². The Morgan fingerprint density at radius 1 is 1.14 bits per heavy atom. The predicted octanol–water partition coefficient (Wildman–Crippen LogP) is 4.80. The molecule has 4 heteroatoms. The van der Waals surface area contributed by atoms with Crippen LogP contribution in [0.2, 0.25) is 0 Å². The minimum absolute atomic E-state index is 0.738. The molecule has 0 saturated carbocycles. The molecule has 0 bridgehead atoms. The predicted molar refractivity (Wildman–Crippen MR) is 102 cm³/mol. The topological polar surface area (TPSA) is 15.3 Å². The van der Waals surface area contributed by atoms with Crippen molar-refractivity contribution in [2.24, 2.45) is 0 Å². The Labute approximate surface area is 142 Å². The summed E-state index contributed by atoms with van der Waals surface area (Å²) in [6.45, 7) is 2.95. The third-order valence-electron chi connectivity index (χ3n) is 3.51. The van der Waals surface area contributed by atoms with E-state index < -0.39 is 0 Å². The lowest BCUT2D eigenvalue weighted by atomic mass is 10.1. The summed E-state index contributed by atoms with van der Waals surface area (Å²) in [5.74, 6) is 0. The van der Waals surface area contributed by atoms with Gasteiger partial charge < -0.3 is 10.2 Å². The zero-order valence-electron chi connectivity index (χ0n) is 13.3. The van der Waals surface area contributed by atoms with Crippen LogP contribution in [0.1, 0.15) is 18.1 Å². The van der Waals surface area contributed by atoms with Crippen molar-refractivity contribution in [1.29, 1.82) is 0 Å². The molecule has 0 unspecified atom stereocenters. The Morgan fingerprint density at radius 2 is 1.86 bits per heavy atom. The van der Waals surface area contributed by atoms with Gasteiger partial charge in [-0.1, -0.05) is 31.2 Å². The SMILES string of the molecule is CCc1cccc(NC(=S)N(C)Cc2ccc(SC)cc2)c1. The van der Waals surface area contributed by atoms with E-state index in [1.165, 1.54) is 16.0 Å². The largest absolute Gasteiger partial charge is 0.348 e. The maximum Gasteiger partial charge on any atom is 0.173 e. The van der Waals surface area contributed by atoms with E-state index in [9.17, 15) is 0 Å². The number of hydrogen-bond acceptors (Lipinski definition) is 2. The third-order valence-corrected chi connectivity index (χ3v) is 4.67. The maximum atomic E-state index is 5.50. The van der Waals surface area contributed by atoms with Crippen LogP contribution in [-0.2, 0) is 13.0 Å². The summed E-state index contributed by atoms with van der Waals surface area (Å²) < 4.78 is 0. The fourth-order valence-electron chi connectivity index (χ4n) is 2.16. The maximum absolute atomic E-state index is 5.50. The molecule has 0 amide bonds. The lowest BCUT2D eigenvalue weighted by Gasteiger charge is -2.21. The Hall–Kier alpha value is -1.52. The summed E-state index contributed by atoms with van der Waals surface area (Å²) in [6.07, 6.45) is 3.12. The van der Waals surface area contributed by atoms with Crippen molar-refractivity contribution < 1.29 is 0 Å². The molecule has 0 aliphatic rings. The Balaban J connectivity index is 1.96. The molecule has 2 aromatic carbocycles. The molecule has 2 aromatic rings. The van der Waals surface area contributed by atoms with E-state index in [-0.39, 0.29) is 0 Å². The van der Waals surface area contributed by atoms with Crippen LogP contribution in [0.5, 0.6) is 0 Å². The van der Waals surface area contributed by atoms with Gasteiger partial charge in [0, 0.05) is 24.2 Å². The van der Waals surface area contributed by atoms with Gasteiger partial charge in [-0.3, -0.25) is 0 Å². The lowest BCUT2D eigenvalue weighted by molar-refractivity contribution is 0.508. The average Bonchev–Trinajstić information content (AvgIpc) is 2.55. The van der Waals surface area contributed by atoms with Gasteiger partial charge in [0.15, 0.2) is 5.11 Å². The fraction of sp³-hybridized carbons (Fsp3) is 0.278. The van der Waals surface area contributed by atoms with Crippen LogP contribution in [0.25, 0.3) is 0 Å². The van der Waals surface area contributed by atoms with Gasteiger partial charge in [-0.25, -0.2) is 0 Å². The van der Waals surface area contributed by atoms with E-state index in [1.807, 2.05) is 13.1 Å². The molecule has 0 radical (unpaired) electrons. The van der Waals surface area contributed by atoms with E-state index in [2.05, 4.69) is 65.9 Å². The van der Waals surface area contributed by atoms with Crippen LogP contribution < -0.4 is 5.32 Å². The van der Waals surface area contributed by atoms with Gasteiger partial charge in [0.1, 0.15) is 0 Å². The highest BCUT2D eigenvalue weighted by atomic mass is 32.2. The summed E-state index contributed by atoms with van der Waals surface area (Å²) in [7, 11) is 2.02. The minimum atomic E-state index is 0.738. The van der Waals surface area contributed by atoms with Gasteiger partial charge in [-0.15, -0.1) is 11.8 Å².